The van der Waals surface area contributed by atoms with Gasteiger partial charge in [-0.05, 0) is 55.0 Å². The van der Waals surface area contributed by atoms with Crippen LogP contribution < -0.4 is 14.2 Å². The second kappa shape index (κ2) is 7.96. The van der Waals surface area contributed by atoms with Crippen LogP contribution in [-0.2, 0) is 11.2 Å². The van der Waals surface area contributed by atoms with Crippen molar-refractivity contribution >= 4 is 6.29 Å². The fourth-order valence-corrected chi connectivity index (χ4v) is 4.09. The van der Waals surface area contributed by atoms with Gasteiger partial charge in [-0.15, -0.1) is 0 Å². The van der Waals surface area contributed by atoms with Crippen LogP contribution in [0.2, 0.25) is 0 Å². The molecule has 1 fully saturated rings. The lowest BCUT2D eigenvalue weighted by Crippen LogP contribution is -2.31. The molecule has 27 heavy (non-hydrogen) atoms. The number of aryl methyl sites for hydroxylation is 1. The highest BCUT2D eigenvalue weighted by Gasteiger charge is 2.34. The minimum atomic E-state index is 0.226. The van der Waals surface area contributed by atoms with Crippen LogP contribution in [0.15, 0.2) is 36.5 Å². The van der Waals surface area contributed by atoms with Crippen LogP contribution >= 0.6 is 0 Å². The highest BCUT2D eigenvalue weighted by molar-refractivity contribution is 5.56. The molecule has 6 nitrogen and oxygen atoms in total. The standard InChI is InChI=1S/C21H24N2O4/c1-25-19-11-15(12-20-21(19)27-14-26-20)16-10-18(23(13-16)8-9-24)6-5-17-4-2-3-7-22-17/h2-4,7,9,11-12,16,18H,5-6,8,10,13-14H2,1H3. The first-order valence-electron chi connectivity index (χ1n) is 9.33. The topological polar surface area (TPSA) is 60.9 Å². The van der Waals surface area contributed by atoms with Crippen molar-refractivity contribution in [2.45, 2.75) is 31.2 Å². The zero-order chi connectivity index (χ0) is 18.6. The van der Waals surface area contributed by atoms with Crippen LogP contribution in [0.1, 0.15) is 30.0 Å². The van der Waals surface area contributed by atoms with Crippen LogP contribution in [0, 0.1) is 0 Å². The summed E-state index contributed by atoms with van der Waals surface area (Å²) in [4.78, 5) is 17.9. The number of carbonyl (C=O) groups excluding carboxylic acids is 1. The van der Waals surface area contributed by atoms with Gasteiger partial charge in [-0.3, -0.25) is 9.88 Å². The van der Waals surface area contributed by atoms with E-state index in [2.05, 4.69) is 22.0 Å². The molecule has 142 valence electrons. The van der Waals surface area contributed by atoms with Gasteiger partial charge in [0.15, 0.2) is 11.5 Å². The molecule has 2 aliphatic rings. The summed E-state index contributed by atoms with van der Waals surface area (Å²) >= 11 is 0. The molecular formula is C21H24N2O4. The molecule has 6 heteroatoms. The third-order valence-corrected chi connectivity index (χ3v) is 5.45. The van der Waals surface area contributed by atoms with E-state index in [0.717, 1.165) is 43.5 Å². The predicted octanol–water partition coefficient (Wildman–Crippen LogP) is 2.81. The Morgan fingerprint density at radius 2 is 2.26 bits per heavy atom. The van der Waals surface area contributed by atoms with Gasteiger partial charge in [-0.1, -0.05) is 6.07 Å². The average Bonchev–Trinajstić information content (AvgIpc) is 3.33. The van der Waals surface area contributed by atoms with Gasteiger partial charge in [-0.25, -0.2) is 0 Å². The normalized spacial score (nSPS) is 21.4. The van der Waals surface area contributed by atoms with Crippen molar-refractivity contribution in [1.82, 2.24) is 9.88 Å². The Labute approximate surface area is 159 Å². The number of hydrogen-bond acceptors (Lipinski definition) is 6. The van der Waals surface area contributed by atoms with Gasteiger partial charge in [0.25, 0.3) is 0 Å². The molecule has 3 heterocycles. The second-order valence-electron chi connectivity index (χ2n) is 7.02. The fraction of sp³-hybridized carbons (Fsp3) is 0.429. The number of aldehydes is 1. The van der Waals surface area contributed by atoms with Crippen LogP contribution in [0.25, 0.3) is 0 Å². The van der Waals surface area contributed by atoms with E-state index < -0.39 is 0 Å². The quantitative estimate of drug-likeness (QED) is 0.701. The average molecular weight is 368 g/mol. The SMILES string of the molecule is COc1cc(C2CC(CCc3ccccn3)N(CC=O)C2)cc2c1OCO2. The van der Waals surface area contributed by atoms with Crippen molar-refractivity contribution in [1.29, 1.82) is 0 Å². The van der Waals surface area contributed by atoms with Crippen molar-refractivity contribution in [3.05, 3.63) is 47.8 Å². The first kappa shape index (κ1) is 17.8. The van der Waals surface area contributed by atoms with Gasteiger partial charge in [0, 0.05) is 24.5 Å². The van der Waals surface area contributed by atoms with Crippen LogP contribution in [0.4, 0.5) is 0 Å². The Bertz CT molecular complexity index is 796. The third kappa shape index (κ3) is 3.76. The molecule has 4 rings (SSSR count). The molecule has 0 saturated carbocycles. The molecule has 1 saturated heterocycles. The highest BCUT2D eigenvalue weighted by atomic mass is 16.7. The largest absolute Gasteiger partial charge is 0.493 e. The molecule has 1 aromatic heterocycles. The molecule has 0 spiro atoms. The number of likely N-dealkylation sites (tertiary alicyclic amines) is 1. The summed E-state index contributed by atoms with van der Waals surface area (Å²) in [7, 11) is 1.64. The highest BCUT2D eigenvalue weighted by Crippen LogP contribution is 2.45. The molecular weight excluding hydrogens is 344 g/mol. The summed E-state index contributed by atoms with van der Waals surface area (Å²) in [6.45, 7) is 1.54. The Kier molecular flexibility index (Phi) is 5.25. The third-order valence-electron chi connectivity index (χ3n) is 5.45. The zero-order valence-corrected chi connectivity index (χ0v) is 15.5. The number of pyridine rings is 1. The van der Waals surface area contributed by atoms with Crippen molar-refractivity contribution in [3.63, 3.8) is 0 Å². The number of rotatable bonds is 7. The van der Waals surface area contributed by atoms with Crippen molar-refractivity contribution in [3.8, 4) is 17.2 Å². The van der Waals surface area contributed by atoms with Crippen LogP contribution in [0.3, 0.4) is 0 Å². The van der Waals surface area contributed by atoms with Gasteiger partial charge in [0.05, 0.1) is 13.7 Å². The Balaban J connectivity index is 1.50. The van der Waals surface area contributed by atoms with E-state index in [-0.39, 0.29) is 6.79 Å². The lowest BCUT2D eigenvalue weighted by atomic mass is 9.94. The van der Waals surface area contributed by atoms with Crippen LogP contribution in [0.5, 0.6) is 17.2 Å². The van der Waals surface area contributed by atoms with Gasteiger partial charge >= 0.3 is 0 Å². The van der Waals surface area contributed by atoms with Crippen molar-refractivity contribution in [2.24, 2.45) is 0 Å². The molecule has 2 unspecified atom stereocenters. The van der Waals surface area contributed by atoms with Gasteiger partial charge in [0.1, 0.15) is 6.29 Å². The van der Waals surface area contributed by atoms with Crippen LogP contribution in [-0.4, -0.2) is 49.2 Å². The summed E-state index contributed by atoms with van der Waals surface area (Å²) in [6, 6.07) is 10.5. The van der Waals surface area contributed by atoms with E-state index in [1.54, 1.807) is 7.11 Å². The predicted molar refractivity (Wildman–Crippen MR) is 100 cm³/mol. The molecule has 0 bridgehead atoms. The molecule has 1 aromatic carbocycles. The lowest BCUT2D eigenvalue weighted by molar-refractivity contribution is -0.109. The monoisotopic (exact) mass is 368 g/mol. The number of fused-ring (bicyclic) bond motifs is 1. The first-order chi connectivity index (χ1) is 13.3. The molecule has 2 aromatic rings. The number of aromatic nitrogens is 1. The van der Waals surface area contributed by atoms with E-state index >= 15 is 0 Å². The molecule has 2 aliphatic heterocycles. The maximum absolute atomic E-state index is 11.2. The zero-order valence-electron chi connectivity index (χ0n) is 15.5. The summed E-state index contributed by atoms with van der Waals surface area (Å²) in [5.74, 6) is 2.46. The summed E-state index contributed by atoms with van der Waals surface area (Å²) in [5, 5.41) is 0. The molecule has 0 N–H and O–H groups in total. The molecule has 0 aliphatic carbocycles. The molecule has 2 atom stereocenters. The number of methoxy groups -OCH3 is 1. The minimum Gasteiger partial charge on any atom is -0.493 e. The van der Waals surface area contributed by atoms with E-state index in [1.807, 2.05) is 24.4 Å². The number of hydrogen-bond donors (Lipinski definition) is 0. The molecule has 0 amide bonds. The maximum atomic E-state index is 11.2. The number of benzene rings is 1. The maximum Gasteiger partial charge on any atom is 0.231 e. The van der Waals surface area contributed by atoms with Gasteiger partial charge < -0.3 is 19.0 Å². The van der Waals surface area contributed by atoms with Crippen molar-refractivity contribution in [2.75, 3.05) is 27.0 Å². The molecule has 0 radical (unpaired) electrons. The second-order valence-corrected chi connectivity index (χ2v) is 7.02. The van der Waals surface area contributed by atoms with E-state index in [0.29, 0.717) is 30.0 Å². The van der Waals surface area contributed by atoms with E-state index in [9.17, 15) is 4.79 Å². The summed E-state index contributed by atoms with van der Waals surface area (Å²) < 4.78 is 16.5. The smallest absolute Gasteiger partial charge is 0.231 e. The van der Waals surface area contributed by atoms with Crippen molar-refractivity contribution < 1.29 is 19.0 Å². The van der Waals surface area contributed by atoms with E-state index in [1.165, 1.54) is 5.56 Å². The summed E-state index contributed by atoms with van der Waals surface area (Å²) in [6.07, 6.45) is 5.73. The number of nitrogens with zero attached hydrogens (tertiary/aromatic N) is 2. The van der Waals surface area contributed by atoms with Gasteiger partial charge in [0.2, 0.25) is 12.5 Å². The number of ether oxygens (including phenoxy) is 3. The Morgan fingerprint density at radius 1 is 1.33 bits per heavy atom. The Morgan fingerprint density at radius 3 is 3.04 bits per heavy atom. The summed E-state index contributed by atoms with van der Waals surface area (Å²) in [5.41, 5.74) is 2.27. The lowest BCUT2D eigenvalue weighted by Gasteiger charge is -2.21. The first-order valence-corrected chi connectivity index (χ1v) is 9.33. The number of carbonyl (C=O) groups is 1. The minimum absolute atomic E-state index is 0.226. The Hall–Kier alpha value is -2.60. The van der Waals surface area contributed by atoms with E-state index in [4.69, 9.17) is 14.2 Å². The fourth-order valence-electron chi connectivity index (χ4n) is 4.09. The van der Waals surface area contributed by atoms with Gasteiger partial charge in [-0.2, -0.15) is 0 Å².